The van der Waals surface area contributed by atoms with Gasteiger partial charge in [-0.2, -0.15) is 0 Å². The van der Waals surface area contributed by atoms with Crippen LogP contribution in [-0.4, -0.2) is 46.1 Å². The zero-order valence-corrected chi connectivity index (χ0v) is 20.7. The van der Waals surface area contributed by atoms with E-state index in [9.17, 15) is 14.4 Å². The zero-order chi connectivity index (χ0) is 24.3. The third kappa shape index (κ3) is 5.57. The number of likely N-dealkylation sites (tertiary alicyclic amines) is 1. The average molecular weight is 456 g/mol. The van der Waals surface area contributed by atoms with Crippen LogP contribution in [-0.2, 0) is 14.3 Å². The number of aryl methyl sites for hydroxylation is 1. The van der Waals surface area contributed by atoms with E-state index in [2.05, 4.69) is 29.6 Å². The molecule has 7 nitrogen and oxygen atoms in total. The second-order valence-electron chi connectivity index (χ2n) is 9.68. The number of piperidine rings is 2. The van der Waals surface area contributed by atoms with Gasteiger partial charge in [0, 0.05) is 36.1 Å². The summed E-state index contributed by atoms with van der Waals surface area (Å²) in [5.41, 5.74) is 2.81. The van der Waals surface area contributed by atoms with Crippen molar-refractivity contribution in [3.05, 3.63) is 35.5 Å². The summed E-state index contributed by atoms with van der Waals surface area (Å²) in [6.45, 7) is 13.0. The van der Waals surface area contributed by atoms with Gasteiger partial charge < -0.3 is 14.2 Å². The van der Waals surface area contributed by atoms with Crippen molar-refractivity contribution in [2.24, 2.45) is 0 Å². The van der Waals surface area contributed by atoms with Crippen LogP contribution in [0.4, 0.5) is 4.79 Å². The first-order valence-corrected chi connectivity index (χ1v) is 12.1. The van der Waals surface area contributed by atoms with Crippen LogP contribution >= 0.6 is 0 Å². The van der Waals surface area contributed by atoms with Crippen molar-refractivity contribution in [2.75, 3.05) is 13.1 Å². The Balaban J connectivity index is 0.00000149. The van der Waals surface area contributed by atoms with Gasteiger partial charge in [0.05, 0.1) is 0 Å². The van der Waals surface area contributed by atoms with E-state index >= 15 is 0 Å². The highest BCUT2D eigenvalue weighted by Crippen LogP contribution is 2.34. The second kappa shape index (κ2) is 9.98. The summed E-state index contributed by atoms with van der Waals surface area (Å²) in [4.78, 5) is 38.0. The summed E-state index contributed by atoms with van der Waals surface area (Å²) >= 11 is 0. The number of imide groups is 1. The van der Waals surface area contributed by atoms with Crippen LogP contribution in [0.15, 0.2) is 24.3 Å². The minimum absolute atomic E-state index is 0.199. The number of hydrogen-bond acceptors (Lipinski definition) is 4. The van der Waals surface area contributed by atoms with Crippen LogP contribution in [0.3, 0.4) is 0 Å². The number of aromatic nitrogens is 1. The van der Waals surface area contributed by atoms with Gasteiger partial charge in [-0.15, -0.1) is 0 Å². The molecule has 0 radical (unpaired) electrons. The standard InChI is InChI=1S/C24H31N3O4.C2H6/c1-15-13-18-14-17(16-9-11-26(12-10-16)23(30)31-24(2,3)4)5-6-19(18)27(15)20-7-8-21(28)25-22(20)29;1-2/h5-6,13-14,16,20H,7-12H2,1-4H3,(H,25,28,29);1-2H3. The summed E-state index contributed by atoms with van der Waals surface area (Å²) in [6, 6.07) is 8.19. The number of amides is 3. The molecule has 0 spiro atoms. The lowest BCUT2D eigenvalue weighted by atomic mass is 9.89. The smallest absolute Gasteiger partial charge is 0.410 e. The highest BCUT2D eigenvalue weighted by atomic mass is 16.6. The number of hydrogen-bond donors (Lipinski definition) is 1. The fraction of sp³-hybridized carbons (Fsp3) is 0.577. The molecule has 3 heterocycles. The van der Waals surface area contributed by atoms with Gasteiger partial charge in [0.25, 0.3) is 0 Å². The maximum absolute atomic E-state index is 12.4. The lowest BCUT2D eigenvalue weighted by Crippen LogP contribution is -2.41. The number of benzene rings is 1. The van der Waals surface area contributed by atoms with Gasteiger partial charge in [-0.25, -0.2) is 4.79 Å². The molecule has 1 atom stereocenters. The Kier molecular flexibility index (Phi) is 7.50. The van der Waals surface area contributed by atoms with Crippen molar-refractivity contribution < 1.29 is 19.1 Å². The van der Waals surface area contributed by atoms with E-state index in [-0.39, 0.29) is 23.9 Å². The average Bonchev–Trinajstić information content (AvgIpc) is 3.09. The van der Waals surface area contributed by atoms with E-state index in [0.717, 1.165) is 29.4 Å². The molecule has 1 aromatic heterocycles. The SMILES string of the molecule is CC.Cc1cc2cc(C3CCN(C(=O)OC(C)(C)C)CC3)ccc2n1C1CCC(=O)NC1=O. The van der Waals surface area contributed by atoms with E-state index in [0.29, 0.717) is 31.8 Å². The second-order valence-corrected chi connectivity index (χ2v) is 9.68. The van der Waals surface area contributed by atoms with Gasteiger partial charge >= 0.3 is 6.09 Å². The first kappa shape index (κ1) is 24.8. The molecule has 3 amide bonds. The molecular weight excluding hydrogens is 418 g/mol. The Bertz CT molecular complexity index is 1030. The van der Waals surface area contributed by atoms with Gasteiger partial charge in [0.1, 0.15) is 11.6 Å². The van der Waals surface area contributed by atoms with Crippen molar-refractivity contribution in [1.29, 1.82) is 0 Å². The molecule has 2 saturated heterocycles. The Hall–Kier alpha value is -2.83. The van der Waals surface area contributed by atoms with Crippen LogP contribution in [0.25, 0.3) is 10.9 Å². The third-order valence-corrected chi connectivity index (χ3v) is 6.20. The minimum Gasteiger partial charge on any atom is -0.444 e. The Labute approximate surface area is 196 Å². The highest BCUT2D eigenvalue weighted by molar-refractivity contribution is 6.00. The Morgan fingerprint density at radius 2 is 1.73 bits per heavy atom. The van der Waals surface area contributed by atoms with Crippen molar-refractivity contribution in [1.82, 2.24) is 14.8 Å². The summed E-state index contributed by atoms with van der Waals surface area (Å²) in [6.07, 6.45) is 2.46. The maximum Gasteiger partial charge on any atom is 0.410 e. The van der Waals surface area contributed by atoms with Crippen molar-refractivity contribution in [2.45, 2.75) is 84.8 Å². The van der Waals surface area contributed by atoms with E-state index in [1.54, 1.807) is 4.90 Å². The van der Waals surface area contributed by atoms with Crippen molar-refractivity contribution in [3.63, 3.8) is 0 Å². The minimum atomic E-state index is -0.480. The monoisotopic (exact) mass is 455 g/mol. The molecule has 2 fully saturated rings. The normalized spacial score (nSPS) is 19.7. The van der Waals surface area contributed by atoms with E-state index in [4.69, 9.17) is 4.74 Å². The van der Waals surface area contributed by atoms with Crippen molar-refractivity contribution >= 4 is 28.8 Å². The quantitative estimate of drug-likeness (QED) is 0.641. The molecule has 33 heavy (non-hydrogen) atoms. The predicted octanol–water partition coefficient (Wildman–Crippen LogP) is 5.07. The lowest BCUT2D eigenvalue weighted by Gasteiger charge is -2.33. The number of nitrogens with zero attached hydrogens (tertiary/aromatic N) is 2. The highest BCUT2D eigenvalue weighted by Gasteiger charge is 2.31. The molecule has 1 unspecified atom stereocenters. The van der Waals surface area contributed by atoms with Crippen LogP contribution in [0.1, 0.15) is 83.5 Å². The molecule has 0 saturated carbocycles. The van der Waals surface area contributed by atoms with Crippen LogP contribution in [0, 0.1) is 6.92 Å². The number of rotatable bonds is 2. The lowest BCUT2D eigenvalue weighted by molar-refractivity contribution is -0.135. The molecule has 180 valence electrons. The largest absolute Gasteiger partial charge is 0.444 e. The maximum atomic E-state index is 12.4. The van der Waals surface area contributed by atoms with Crippen LogP contribution in [0.5, 0.6) is 0 Å². The summed E-state index contributed by atoms with van der Waals surface area (Å²) in [5, 5.41) is 3.56. The van der Waals surface area contributed by atoms with E-state index in [1.165, 1.54) is 5.56 Å². The number of carbonyl (C=O) groups excluding carboxylic acids is 3. The van der Waals surface area contributed by atoms with Gasteiger partial charge in [0.2, 0.25) is 11.8 Å². The van der Waals surface area contributed by atoms with E-state index < -0.39 is 5.60 Å². The zero-order valence-electron chi connectivity index (χ0n) is 20.7. The van der Waals surface area contributed by atoms with Crippen LogP contribution < -0.4 is 5.32 Å². The molecule has 4 rings (SSSR count). The van der Waals surface area contributed by atoms with Gasteiger partial charge in [0.15, 0.2) is 0 Å². The number of carbonyl (C=O) groups is 3. The molecule has 7 heteroatoms. The van der Waals surface area contributed by atoms with Gasteiger partial charge in [-0.1, -0.05) is 19.9 Å². The summed E-state index contributed by atoms with van der Waals surface area (Å²) in [7, 11) is 0. The molecule has 0 aliphatic carbocycles. The molecule has 2 aromatic rings. The number of fused-ring (bicyclic) bond motifs is 1. The molecule has 2 aliphatic rings. The van der Waals surface area contributed by atoms with Gasteiger partial charge in [-0.3, -0.25) is 14.9 Å². The number of nitrogens with one attached hydrogen (secondary N) is 1. The third-order valence-electron chi connectivity index (χ3n) is 6.20. The Morgan fingerprint density at radius 1 is 1.06 bits per heavy atom. The number of ether oxygens (including phenoxy) is 1. The van der Waals surface area contributed by atoms with Crippen molar-refractivity contribution in [3.8, 4) is 0 Å². The molecule has 1 N–H and O–H groups in total. The molecule has 1 aromatic carbocycles. The first-order chi connectivity index (χ1) is 15.6. The van der Waals surface area contributed by atoms with E-state index in [1.807, 2.05) is 46.1 Å². The Morgan fingerprint density at radius 3 is 2.33 bits per heavy atom. The first-order valence-electron chi connectivity index (χ1n) is 12.1. The van der Waals surface area contributed by atoms with Gasteiger partial charge in [-0.05, 0) is 76.6 Å². The summed E-state index contributed by atoms with van der Waals surface area (Å²) < 4.78 is 7.54. The predicted molar refractivity (Wildman–Crippen MR) is 129 cm³/mol. The fourth-order valence-corrected chi connectivity index (χ4v) is 4.71. The summed E-state index contributed by atoms with van der Waals surface area (Å²) in [5.74, 6) is -0.0341. The molecule has 0 bridgehead atoms. The van der Waals surface area contributed by atoms with Crippen LogP contribution in [0.2, 0.25) is 0 Å². The molecule has 2 aliphatic heterocycles. The fourth-order valence-electron chi connectivity index (χ4n) is 4.71. The topological polar surface area (TPSA) is 80.6 Å². The molecular formula is C26H37N3O4.